The van der Waals surface area contributed by atoms with Gasteiger partial charge in [-0.25, -0.2) is 4.79 Å². The molecule has 18 heavy (non-hydrogen) atoms. The Morgan fingerprint density at radius 2 is 2.11 bits per heavy atom. The Balaban J connectivity index is 1.82. The number of carbonyl (C=O) groups excluding carboxylic acids is 1. The van der Waals surface area contributed by atoms with Gasteiger partial charge in [0.2, 0.25) is 0 Å². The van der Waals surface area contributed by atoms with Gasteiger partial charge in [-0.15, -0.1) is 0 Å². The fourth-order valence-corrected chi connectivity index (χ4v) is 3.04. The first-order chi connectivity index (χ1) is 8.70. The van der Waals surface area contributed by atoms with Crippen LogP contribution < -0.4 is 0 Å². The Morgan fingerprint density at radius 1 is 1.39 bits per heavy atom. The zero-order valence-electron chi connectivity index (χ0n) is 10.5. The first-order valence-corrected chi connectivity index (χ1v) is 7.34. The highest BCUT2D eigenvalue weighted by Crippen LogP contribution is 2.25. The highest BCUT2D eigenvalue weighted by atomic mass is 79.9. The van der Waals surface area contributed by atoms with Crippen LogP contribution in [-0.4, -0.2) is 29.4 Å². The SMILES string of the molecule is CC1CN(C(=O)OCc2ccccc2)CC1CBr. The number of halogens is 1. The first kappa shape index (κ1) is 13.4. The number of hydrogen-bond donors (Lipinski definition) is 0. The van der Waals surface area contributed by atoms with Crippen molar-refractivity contribution < 1.29 is 9.53 Å². The summed E-state index contributed by atoms with van der Waals surface area (Å²) in [7, 11) is 0. The summed E-state index contributed by atoms with van der Waals surface area (Å²) >= 11 is 3.49. The fourth-order valence-electron chi connectivity index (χ4n) is 2.19. The second-order valence-electron chi connectivity index (χ2n) is 4.84. The van der Waals surface area contributed by atoms with Crippen LogP contribution in [0.4, 0.5) is 4.79 Å². The van der Waals surface area contributed by atoms with Gasteiger partial charge < -0.3 is 9.64 Å². The van der Waals surface area contributed by atoms with E-state index >= 15 is 0 Å². The van der Waals surface area contributed by atoms with E-state index in [2.05, 4.69) is 22.9 Å². The Morgan fingerprint density at radius 3 is 2.72 bits per heavy atom. The Bertz CT molecular complexity index is 396. The summed E-state index contributed by atoms with van der Waals surface area (Å²) in [5.41, 5.74) is 1.02. The average Bonchev–Trinajstić information content (AvgIpc) is 2.78. The van der Waals surface area contributed by atoms with Crippen LogP contribution in [0.5, 0.6) is 0 Å². The third kappa shape index (κ3) is 3.25. The van der Waals surface area contributed by atoms with E-state index in [1.54, 1.807) is 4.90 Å². The summed E-state index contributed by atoms with van der Waals surface area (Å²) < 4.78 is 5.32. The van der Waals surface area contributed by atoms with Crippen molar-refractivity contribution >= 4 is 22.0 Å². The third-order valence-corrected chi connectivity index (χ3v) is 4.26. The maximum absolute atomic E-state index is 11.9. The highest BCUT2D eigenvalue weighted by molar-refractivity contribution is 9.09. The number of nitrogens with zero attached hydrogens (tertiary/aromatic N) is 1. The van der Waals surface area contributed by atoms with Crippen molar-refractivity contribution in [3.8, 4) is 0 Å². The van der Waals surface area contributed by atoms with Gasteiger partial charge in [-0.1, -0.05) is 53.2 Å². The zero-order chi connectivity index (χ0) is 13.0. The van der Waals surface area contributed by atoms with Gasteiger partial charge in [0.05, 0.1) is 0 Å². The van der Waals surface area contributed by atoms with Crippen molar-refractivity contribution in [2.75, 3.05) is 18.4 Å². The number of amides is 1. The van der Waals surface area contributed by atoms with Crippen molar-refractivity contribution in [2.45, 2.75) is 13.5 Å². The normalized spacial score (nSPS) is 23.1. The largest absolute Gasteiger partial charge is 0.445 e. The Labute approximate surface area is 116 Å². The molecule has 1 aliphatic rings. The number of ether oxygens (including phenoxy) is 1. The molecular formula is C14H18BrNO2. The molecule has 0 aliphatic carbocycles. The molecule has 1 heterocycles. The number of benzene rings is 1. The number of rotatable bonds is 3. The van der Waals surface area contributed by atoms with Crippen LogP contribution in [0.15, 0.2) is 30.3 Å². The minimum Gasteiger partial charge on any atom is -0.445 e. The van der Waals surface area contributed by atoms with E-state index in [4.69, 9.17) is 4.74 Å². The lowest BCUT2D eigenvalue weighted by molar-refractivity contribution is 0.103. The molecule has 1 amide bonds. The highest BCUT2D eigenvalue weighted by Gasteiger charge is 2.32. The summed E-state index contributed by atoms with van der Waals surface area (Å²) in [4.78, 5) is 13.7. The van der Waals surface area contributed by atoms with Gasteiger partial charge in [0.1, 0.15) is 6.61 Å². The van der Waals surface area contributed by atoms with Crippen LogP contribution in [0.2, 0.25) is 0 Å². The van der Waals surface area contributed by atoms with Crippen LogP contribution in [-0.2, 0) is 11.3 Å². The molecule has 0 bridgehead atoms. The second kappa shape index (κ2) is 6.23. The van der Waals surface area contributed by atoms with Crippen LogP contribution in [0.3, 0.4) is 0 Å². The van der Waals surface area contributed by atoms with Crippen molar-refractivity contribution in [2.24, 2.45) is 11.8 Å². The van der Waals surface area contributed by atoms with E-state index in [0.29, 0.717) is 18.4 Å². The quantitative estimate of drug-likeness (QED) is 0.802. The summed E-state index contributed by atoms with van der Waals surface area (Å²) in [5, 5.41) is 0.941. The van der Waals surface area contributed by atoms with Gasteiger partial charge in [-0.3, -0.25) is 0 Å². The Kier molecular flexibility index (Phi) is 4.64. The molecule has 3 nitrogen and oxygen atoms in total. The van der Waals surface area contributed by atoms with E-state index in [1.165, 1.54) is 0 Å². The lowest BCUT2D eigenvalue weighted by Gasteiger charge is -2.16. The van der Waals surface area contributed by atoms with Gasteiger partial charge in [-0.2, -0.15) is 0 Å². The number of carbonyl (C=O) groups is 1. The summed E-state index contributed by atoms with van der Waals surface area (Å²) in [6.07, 6.45) is -0.200. The van der Waals surface area contributed by atoms with Crippen LogP contribution in [0.25, 0.3) is 0 Å². The molecule has 0 spiro atoms. The van der Waals surface area contributed by atoms with Crippen molar-refractivity contribution in [1.82, 2.24) is 4.90 Å². The van der Waals surface area contributed by atoms with E-state index in [0.717, 1.165) is 24.0 Å². The molecule has 1 aliphatic heterocycles. The zero-order valence-corrected chi connectivity index (χ0v) is 12.1. The first-order valence-electron chi connectivity index (χ1n) is 6.22. The predicted molar refractivity (Wildman–Crippen MR) is 74.6 cm³/mol. The van der Waals surface area contributed by atoms with Gasteiger partial charge in [0, 0.05) is 18.4 Å². The van der Waals surface area contributed by atoms with Crippen molar-refractivity contribution in [3.63, 3.8) is 0 Å². The maximum Gasteiger partial charge on any atom is 0.410 e. The van der Waals surface area contributed by atoms with Gasteiger partial charge in [-0.05, 0) is 17.4 Å². The smallest absolute Gasteiger partial charge is 0.410 e. The minimum atomic E-state index is -0.200. The monoisotopic (exact) mass is 311 g/mol. The molecule has 0 saturated carbocycles. The average molecular weight is 312 g/mol. The molecule has 2 rings (SSSR count). The Hall–Kier alpha value is -1.03. The van der Waals surface area contributed by atoms with Crippen molar-refractivity contribution in [3.05, 3.63) is 35.9 Å². The molecule has 98 valence electrons. The molecular weight excluding hydrogens is 294 g/mol. The molecule has 1 fully saturated rings. The summed E-state index contributed by atoms with van der Waals surface area (Å²) in [5.74, 6) is 1.07. The number of likely N-dealkylation sites (tertiary alicyclic amines) is 1. The molecule has 0 radical (unpaired) electrons. The molecule has 1 saturated heterocycles. The lowest BCUT2D eigenvalue weighted by Crippen LogP contribution is -2.29. The summed E-state index contributed by atoms with van der Waals surface area (Å²) in [6, 6.07) is 9.76. The molecule has 1 aromatic rings. The molecule has 0 N–H and O–H groups in total. The van der Waals surface area contributed by atoms with Crippen LogP contribution >= 0.6 is 15.9 Å². The molecule has 2 atom stereocenters. The molecule has 4 heteroatoms. The molecule has 2 unspecified atom stereocenters. The van der Waals surface area contributed by atoms with E-state index in [-0.39, 0.29) is 6.09 Å². The maximum atomic E-state index is 11.9. The summed E-state index contributed by atoms with van der Waals surface area (Å²) in [6.45, 7) is 4.11. The lowest BCUT2D eigenvalue weighted by atomic mass is 10.0. The van der Waals surface area contributed by atoms with Crippen LogP contribution in [0, 0.1) is 11.8 Å². The van der Waals surface area contributed by atoms with Gasteiger partial charge >= 0.3 is 6.09 Å². The third-order valence-electron chi connectivity index (χ3n) is 3.43. The topological polar surface area (TPSA) is 29.5 Å². The number of hydrogen-bond acceptors (Lipinski definition) is 2. The van der Waals surface area contributed by atoms with Gasteiger partial charge in [0.15, 0.2) is 0 Å². The van der Waals surface area contributed by atoms with Crippen molar-refractivity contribution in [1.29, 1.82) is 0 Å². The second-order valence-corrected chi connectivity index (χ2v) is 5.48. The van der Waals surface area contributed by atoms with Crippen LogP contribution in [0.1, 0.15) is 12.5 Å². The number of alkyl halides is 1. The van der Waals surface area contributed by atoms with E-state index < -0.39 is 0 Å². The van der Waals surface area contributed by atoms with Gasteiger partial charge in [0.25, 0.3) is 0 Å². The standard InChI is InChI=1S/C14H18BrNO2/c1-11-8-16(9-13(11)7-15)14(17)18-10-12-5-3-2-4-6-12/h2-6,11,13H,7-10H2,1H3. The molecule has 1 aromatic carbocycles. The predicted octanol–water partition coefficient (Wildman–Crippen LogP) is 3.29. The van der Waals surface area contributed by atoms with E-state index in [1.807, 2.05) is 30.3 Å². The fraction of sp³-hybridized carbons (Fsp3) is 0.500. The van der Waals surface area contributed by atoms with E-state index in [9.17, 15) is 4.79 Å². The molecule has 0 aromatic heterocycles. The minimum absolute atomic E-state index is 0.200.